The summed E-state index contributed by atoms with van der Waals surface area (Å²) in [6.45, 7) is 5.12. The van der Waals surface area contributed by atoms with Gasteiger partial charge in [-0.25, -0.2) is 0 Å². The number of aromatic nitrogens is 1. The fraction of sp³-hybridized carbons (Fsp3) is 0.292. The van der Waals surface area contributed by atoms with Crippen molar-refractivity contribution in [1.29, 1.82) is 0 Å². The van der Waals surface area contributed by atoms with Crippen LogP contribution in [0.5, 0.6) is 11.5 Å². The normalized spacial score (nSPS) is 22.8. The van der Waals surface area contributed by atoms with Crippen molar-refractivity contribution in [2.75, 3.05) is 13.1 Å². The first-order valence-electron chi connectivity index (χ1n) is 10.3. The molecule has 0 bridgehead atoms. The second-order valence-corrected chi connectivity index (χ2v) is 8.28. The van der Waals surface area contributed by atoms with Crippen molar-refractivity contribution in [2.24, 2.45) is 5.92 Å². The number of carbonyl (C=O) groups excluding carboxylic acids is 1. The van der Waals surface area contributed by atoms with Crippen LogP contribution in [0.3, 0.4) is 0 Å². The Morgan fingerprint density at radius 1 is 1.21 bits per heavy atom. The number of nitrogens with one attached hydrogen (secondary N) is 2. The molecule has 0 spiro atoms. The minimum atomic E-state index is -0.131. The van der Waals surface area contributed by atoms with Crippen LogP contribution in [0.1, 0.15) is 41.3 Å². The first-order chi connectivity index (χ1) is 14.1. The number of phenolic OH excluding ortho intramolecular Hbond substituents is 1. The Bertz CT molecular complexity index is 1120. The van der Waals surface area contributed by atoms with E-state index in [1.165, 1.54) is 17.7 Å². The molecule has 1 saturated heterocycles. The van der Waals surface area contributed by atoms with Gasteiger partial charge in [0.15, 0.2) is 11.5 Å². The van der Waals surface area contributed by atoms with Gasteiger partial charge in [-0.05, 0) is 43.0 Å². The van der Waals surface area contributed by atoms with E-state index in [0.29, 0.717) is 23.6 Å². The molecule has 1 aromatic heterocycles. The standard InChI is InChI=1S/C24H24N2O3/c1-15-8-10-26(11-9-15)14-19-21(27)7-6-18-23(28)22(29-24(18)19)12-16-13-25-20-5-3-2-4-17(16)20/h2-7,12-13,15,25,27H,8-11,14H2,1H3/p+1/b22-12-. The molecule has 2 aliphatic rings. The van der Waals surface area contributed by atoms with Crippen LogP contribution in [0.15, 0.2) is 48.4 Å². The lowest BCUT2D eigenvalue weighted by atomic mass is 9.98. The van der Waals surface area contributed by atoms with Crippen molar-refractivity contribution in [2.45, 2.75) is 26.3 Å². The van der Waals surface area contributed by atoms with E-state index in [1.54, 1.807) is 18.2 Å². The molecule has 148 valence electrons. The number of ether oxygens (including phenoxy) is 1. The predicted octanol–water partition coefficient (Wildman–Crippen LogP) is 3.30. The van der Waals surface area contributed by atoms with Gasteiger partial charge >= 0.3 is 0 Å². The number of Topliss-reactive ketones (excluding diaryl/α,β-unsaturated/α-hetero) is 1. The number of ketones is 1. The number of allylic oxidation sites excluding steroid dienone is 1. The SMILES string of the molecule is CC1CC[NH+](Cc2c(O)ccc3c2O/C(=C\c2c[nH]c4ccccc24)C3=O)CC1. The van der Waals surface area contributed by atoms with Gasteiger partial charge in [0.2, 0.25) is 5.78 Å². The van der Waals surface area contributed by atoms with Gasteiger partial charge in [0.05, 0.1) is 24.2 Å². The van der Waals surface area contributed by atoms with E-state index < -0.39 is 0 Å². The number of benzene rings is 2. The summed E-state index contributed by atoms with van der Waals surface area (Å²) in [5.74, 6) is 1.66. The van der Waals surface area contributed by atoms with Gasteiger partial charge in [-0.1, -0.05) is 25.1 Å². The minimum absolute atomic E-state index is 0.131. The summed E-state index contributed by atoms with van der Waals surface area (Å²) in [6, 6.07) is 11.3. The number of hydrogen-bond acceptors (Lipinski definition) is 3. The van der Waals surface area contributed by atoms with Crippen LogP contribution in [0, 0.1) is 5.92 Å². The van der Waals surface area contributed by atoms with Crippen molar-refractivity contribution < 1.29 is 19.5 Å². The Morgan fingerprint density at radius 3 is 2.83 bits per heavy atom. The van der Waals surface area contributed by atoms with Gasteiger partial charge in [-0.15, -0.1) is 0 Å². The number of piperidine rings is 1. The summed E-state index contributed by atoms with van der Waals surface area (Å²) in [4.78, 5) is 17.6. The first-order valence-corrected chi connectivity index (χ1v) is 10.3. The number of rotatable bonds is 3. The molecule has 0 aliphatic carbocycles. The average Bonchev–Trinajstić information content (AvgIpc) is 3.28. The maximum Gasteiger partial charge on any atom is 0.231 e. The second-order valence-electron chi connectivity index (χ2n) is 8.28. The molecular formula is C24H25N2O3+. The van der Waals surface area contributed by atoms with Gasteiger partial charge in [-0.2, -0.15) is 0 Å². The Hall–Kier alpha value is -3.05. The highest BCUT2D eigenvalue weighted by Gasteiger charge is 2.33. The molecule has 5 heteroatoms. The van der Waals surface area contributed by atoms with E-state index in [2.05, 4.69) is 11.9 Å². The molecule has 2 aliphatic heterocycles. The fourth-order valence-electron chi connectivity index (χ4n) is 4.42. The summed E-state index contributed by atoms with van der Waals surface area (Å²) < 4.78 is 6.04. The van der Waals surface area contributed by atoms with Crippen molar-refractivity contribution in [3.63, 3.8) is 0 Å². The molecule has 3 heterocycles. The van der Waals surface area contributed by atoms with E-state index in [4.69, 9.17) is 4.74 Å². The van der Waals surface area contributed by atoms with Crippen LogP contribution >= 0.6 is 0 Å². The maximum absolute atomic E-state index is 13.0. The lowest BCUT2D eigenvalue weighted by Crippen LogP contribution is -3.11. The number of quaternary nitrogens is 1. The number of carbonyl (C=O) groups is 1. The molecule has 3 aromatic rings. The largest absolute Gasteiger partial charge is 0.507 e. The number of aromatic hydroxyl groups is 1. The van der Waals surface area contributed by atoms with Gasteiger partial charge in [0.25, 0.3) is 0 Å². The number of hydrogen-bond donors (Lipinski definition) is 3. The third-order valence-corrected chi connectivity index (χ3v) is 6.23. The quantitative estimate of drug-likeness (QED) is 0.602. The fourth-order valence-corrected chi connectivity index (χ4v) is 4.42. The van der Waals surface area contributed by atoms with Crippen LogP contribution in [-0.2, 0) is 6.54 Å². The summed E-state index contributed by atoms with van der Waals surface area (Å²) in [7, 11) is 0. The molecule has 0 unspecified atom stereocenters. The molecule has 0 atom stereocenters. The van der Waals surface area contributed by atoms with E-state index in [-0.39, 0.29) is 11.5 Å². The summed E-state index contributed by atoms with van der Waals surface area (Å²) in [5, 5.41) is 11.5. The Labute approximate surface area is 169 Å². The molecule has 0 saturated carbocycles. The predicted molar refractivity (Wildman–Crippen MR) is 112 cm³/mol. The summed E-state index contributed by atoms with van der Waals surface area (Å²) in [6.07, 6.45) is 6.05. The average molecular weight is 389 g/mol. The number of para-hydroxylation sites is 1. The van der Waals surface area contributed by atoms with Crippen molar-refractivity contribution in [3.05, 3.63) is 65.0 Å². The Balaban J connectivity index is 1.47. The molecule has 0 amide bonds. The zero-order valence-corrected chi connectivity index (χ0v) is 16.5. The highest BCUT2D eigenvalue weighted by Crippen LogP contribution is 2.39. The summed E-state index contributed by atoms with van der Waals surface area (Å²) in [5.41, 5.74) is 3.21. The smallest absolute Gasteiger partial charge is 0.231 e. The van der Waals surface area contributed by atoms with Gasteiger partial charge in [0.1, 0.15) is 12.3 Å². The first kappa shape index (κ1) is 18.0. The van der Waals surface area contributed by atoms with Gasteiger partial charge in [0, 0.05) is 22.7 Å². The topological polar surface area (TPSA) is 66.8 Å². The highest BCUT2D eigenvalue weighted by molar-refractivity contribution is 6.15. The Morgan fingerprint density at radius 2 is 2.00 bits per heavy atom. The third kappa shape index (κ3) is 3.21. The van der Waals surface area contributed by atoms with Crippen molar-refractivity contribution >= 4 is 22.8 Å². The zero-order chi connectivity index (χ0) is 20.0. The number of H-pyrrole nitrogens is 1. The molecule has 5 nitrogen and oxygen atoms in total. The molecule has 1 fully saturated rings. The lowest BCUT2D eigenvalue weighted by molar-refractivity contribution is -0.919. The molecule has 3 N–H and O–H groups in total. The van der Waals surface area contributed by atoms with E-state index in [1.807, 2.05) is 30.5 Å². The van der Waals surface area contributed by atoms with Crippen LogP contribution in [0.2, 0.25) is 0 Å². The van der Waals surface area contributed by atoms with Crippen LogP contribution in [-0.4, -0.2) is 29.0 Å². The molecule has 2 aromatic carbocycles. The lowest BCUT2D eigenvalue weighted by Gasteiger charge is -2.27. The molecule has 29 heavy (non-hydrogen) atoms. The van der Waals surface area contributed by atoms with Crippen LogP contribution < -0.4 is 9.64 Å². The van der Waals surface area contributed by atoms with Crippen molar-refractivity contribution in [1.82, 2.24) is 4.98 Å². The maximum atomic E-state index is 13.0. The molecular weight excluding hydrogens is 364 g/mol. The minimum Gasteiger partial charge on any atom is -0.507 e. The number of phenols is 1. The van der Waals surface area contributed by atoms with E-state index in [0.717, 1.165) is 41.0 Å². The number of fused-ring (bicyclic) bond motifs is 2. The van der Waals surface area contributed by atoms with E-state index in [9.17, 15) is 9.90 Å². The molecule has 0 radical (unpaired) electrons. The Kier molecular flexibility index (Phi) is 4.40. The molecule has 5 rings (SSSR count). The van der Waals surface area contributed by atoms with E-state index >= 15 is 0 Å². The second kappa shape index (κ2) is 7.08. The third-order valence-electron chi connectivity index (χ3n) is 6.23. The summed E-state index contributed by atoms with van der Waals surface area (Å²) >= 11 is 0. The van der Waals surface area contributed by atoms with Crippen LogP contribution in [0.4, 0.5) is 0 Å². The number of likely N-dealkylation sites (tertiary alicyclic amines) is 1. The van der Waals surface area contributed by atoms with Gasteiger partial charge < -0.3 is 19.7 Å². The highest BCUT2D eigenvalue weighted by atomic mass is 16.5. The monoisotopic (exact) mass is 389 g/mol. The van der Waals surface area contributed by atoms with Crippen LogP contribution in [0.25, 0.3) is 17.0 Å². The zero-order valence-electron chi connectivity index (χ0n) is 16.5. The number of aromatic amines is 1. The van der Waals surface area contributed by atoms with Gasteiger partial charge in [-0.3, -0.25) is 4.79 Å². The van der Waals surface area contributed by atoms with Crippen molar-refractivity contribution in [3.8, 4) is 11.5 Å².